The van der Waals surface area contributed by atoms with Gasteiger partial charge in [0.2, 0.25) is 0 Å². The van der Waals surface area contributed by atoms with Gasteiger partial charge in [0.1, 0.15) is 0 Å². The highest BCUT2D eigenvalue weighted by Crippen LogP contribution is 2.13. The van der Waals surface area contributed by atoms with Crippen molar-refractivity contribution in [3.05, 3.63) is 16.6 Å². The number of piperazine rings is 1. The number of hydrogen-bond donors (Lipinski definition) is 1. The molecule has 0 saturated carbocycles. The van der Waals surface area contributed by atoms with Crippen molar-refractivity contribution < 1.29 is 5.11 Å². The third-order valence-corrected chi connectivity index (χ3v) is 3.85. The highest BCUT2D eigenvalue weighted by molar-refractivity contribution is 7.07. The van der Waals surface area contributed by atoms with Crippen LogP contribution < -0.4 is 0 Å². The highest BCUT2D eigenvalue weighted by atomic mass is 32.1. The van der Waals surface area contributed by atoms with Crippen LogP contribution in [0.5, 0.6) is 0 Å². The van der Waals surface area contributed by atoms with Crippen LogP contribution in [-0.2, 0) is 6.54 Å². The quantitative estimate of drug-likeness (QED) is 0.872. The Morgan fingerprint density at radius 3 is 3.00 bits per heavy atom. The summed E-state index contributed by atoms with van der Waals surface area (Å²) in [6.45, 7) is 8.99. The first-order valence-electron chi connectivity index (χ1n) is 6.16. The molecule has 1 aromatic heterocycles. The molecule has 0 bridgehead atoms. The molecule has 17 heavy (non-hydrogen) atoms. The molecule has 1 N–H and O–H groups in total. The molecular formula is C12H21N3OS. The summed E-state index contributed by atoms with van der Waals surface area (Å²) in [6, 6.07) is 0.511. The average molecular weight is 255 g/mol. The van der Waals surface area contributed by atoms with E-state index in [1.807, 2.05) is 12.4 Å². The summed E-state index contributed by atoms with van der Waals surface area (Å²) in [6.07, 6.45) is -0.234. The summed E-state index contributed by atoms with van der Waals surface area (Å²) in [5.74, 6) is 0. The van der Waals surface area contributed by atoms with E-state index in [0.29, 0.717) is 6.04 Å². The van der Waals surface area contributed by atoms with Crippen LogP contribution in [0.1, 0.15) is 19.5 Å². The summed E-state index contributed by atoms with van der Waals surface area (Å²) >= 11 is 1.66. The van der Waals surface area contributed by atoms with Crippen molar-refractivity contribution in [2.24, 2.45) is 0 Å². The maximum Gasteiger partial charge on any atom is 0.0795 e. The normalized spacial score (nSPS) is 25.0. The number of rotatable bonds is 4. The lowest BCUT2D eigenvalue weighted by atomic mass is 10.1. The van der Waals surface area contributed by atoms with Gasteiger partial charge in [-0.25, -0.2) is 4.98 Å². The molecule has 2 atom stereocenters. The molecule has 0 amide bonds. The third kappa shape index (κ3) is 3.74. The van der Waals surface area contributed by atoms with Crippen molar-refractivity contribution >= 4 is 11.3 Å². The lowest BCUT2D eigenvalue weighted by Crippen LogP contribution is -2.53. The molecule has 1 aliphatic heterocycles. The van der Waals surface area contributed by atoms with Crippen LogP contribution in [0.25, 0.3) is 0 Å². The van der Waals surface area contributed by atoms with Crippen LogP contribution in [-0.4, -0.2) is 58.2 Å². The van der Waals surface area contributed by atoms with Crippen LogP contribution in [0.3, 0.4) is 0 Å². The summed E-state index contributed by atoms with van der Waals surface area (Å²) in [5, 5.41) is 11.5. The van der Waals surface area contributed by atoms with E-state index >= 15 is 0 Å². The Kier molecular flexibility index (Phi) is 4.50. The van der Waals surface area contributed by atoms with Crippen molar-refractivity contribution in [3.8, 4) is 0 Å². The zero-order valence-electron chi connectivity index (χ0n) is 10.5. The Morgan fingerprint density at radius 1 is 1.59 bits per heavy atom. The summed E-state index contributed by atoms with van der Waals surface area (Å²) < 4.78 is 0. The fourth-order valence-corrected chi connectivity index (χ4v) is 2.92. The van der Waals surface area contributed by atoms with Crippen LogP contribution in [0.15, 0.2) is 10.9 Å². The molecule has 4 nitrogen and oxygen atoms in total. The van der Waals surface area contributed by atoms with Gasteiger partial charge in [0, 0.05) is 44.1 Å². The Balaban J connectivity index is 1.82. The van der Waals surface area contributed by atoms with E-state index in [0.717, 1.165) is 32.7 Å². The maximum absolute atomic E-state index is 9.43. The van der Waals surface area contributed by atoms with Gasteiger partial charge in [-0.15, -0.1) is 11.3 Å². The number of hydrogen-bond acceptors (Lipinski definition) is 5. The molecule has 0 unspecified atom stereocenters. The molecule has 0 aliphatic carbocycles. The minimum Gasteiger partial charge on any atom is -0.392 e. The second kappa shape index (κ2) is 5.91. The molecule has 0 aromatic carbocycles. The molecular weight excluding hydrogens is 234 g/mol. The van der Waals surface area contributed by atoms with Crippen LogP contribution in [0.2, 0.25) is 0 Å². The second-order valence-corrected chi connectivity index (χ2v) is 5.63. The number of aromatic nitrogens is 1. The van der Waals surface area contributed by atoms with Gasteiger partial charge in [0.05, 0.1) is 17.3 Å². The van der Waals surface area contributed by atoms with Crippen molar-refractivity contribution in [1.29, 1.82) is 0 Å². The fraction of sp³-hybridized carbons (Fsp3) is 0.750. The van der Waals surface area contributed by atoms with E-state index in [4.69, 9.17) is 0 Å². The maximum atomic E-state index is 9.43. The average Bonchev–Trinajstić information content (AvgIpc) is 2.74. The molecule has 1 aliphatic rings. The van der Waals surface area contributed by atoms with E-state index in [2.05, 4.69) is 27.1 Å². The second-order valence-electron chi connectivity index (χ2n) is 4.91. The number of thiazole rings is 1. The third-order valence-electron chi connectivity index (χ3n) is 3.22. The first-order chi connectivity index (χ1) is 8.15. The van der Waals surface area contributed by atoms with E-state index in [-0.39, 0.29) is 6.10 Å². The van der Waals surface area contributed by atoms with Crippen LogP contribution >= 0.6 is 11.3 Å². The predicted octanol–water partition coefficient (Wildman–Crippen LogP) is 1.03. The topological polar surface area (TPSA) is 39.6 Å². The molecule has 5 heteroatoms. The smallest absolute Gasteiger partial charge is 0.0795 e. The van der Waals surface area contributed by atoms with Gasteiger partial charge in [-0.3, -0.25) is 9.80 Å². The van der Waals surface area contributed by atoms with Crippen LogP contribution in [0.4, 0.5) is 0 Å². The lowest BCUT2D eigenvalue weighted by Gasteiger charge is -2.40. The molecule has 0 radical (unpaired) electrons. The first-order valence-corrected chi connectivity index (χ1v) is 7.11. The van der Waals surface area contributed by atoms with Gasteiger partial charge in [0.15, 0.2) is 0 Å². The van der Waals surface area contributed by atoms with Gasteiger partial charge >= 0.3 is 0 Å². The number of aliphatic hydroxyl groups is 1. The summed E-state index contributed by atoms with van der Waals surface area (Å²) in [4.78, 5) is 9.13. The fourth-order valence-electron chi connectivity index (χ4n) is 2.37. The molecule has 1 fully saturated rings. The van der Waals surface area contributed by atoms with Crippen LogP contribution in [0, 0.1) is 0 Å². The molecule has 0 spiro atoms. The van der Waals surface area contributed by atoms with Gasteiger partial charge < -0.3 is 5.11 Å². The van der Waals surface area contributed by atoms with E-state index in [9.17, 15) is 5.11 Å². The Labute approximate surface area is 107 Å². The lowest BCUT2D eigenvalue weighted by molar-refractivity contribution is 0.0419. The summed E-state index contributed by atoms with van der Waals surface area (Å²) in [7, 11) is 0. The molecule has 2 heterocycles. The highest BCUT2D eigenvalue weighted by Gasteiger charge is 2.24. The zero-order chi connectivity index (χ0) is 12.3. The number of nitrogens with zero attached hydrogens (tertiary/aromatic N) is 3. The largest absolute Gasteiger partial charge is 0.392 e. The van der Waals surface area contributed by atoms with E-state index in [1.54, 1.807) is 11.3 Å². The Hall–Kier alpha value is -0.490. The monoisotopic (exact) mass is 255 g/mol. The van der Waals surface area contributed by atoms with Gasteiger partial charge in [-0.2, -0.15) is 0 Å². The van der Waals surface area contributed by atoms with Crippen molar-refractivity contribution in [2.75, 3.05) is 26.2 Å². The molecule has 96 valence electrons. The molecule has 2 rings (SSSR count). The first kappa shape index (κ1) is 13.0. The minimum atomic E-state index is -0.234. The van der Waals surface area contributed by atoms with E-state index < -0.39 is 0 Å². The van der Waals surface area contributed by atoms with Gasteiger partial charge in [-0.05, 0) is 13.8 Å². The van der Waals surface area contributed by atoms with Gasteiger partial charge in [0.25, 0.3) is 0 Å². The van der Waals surface area contributed by atoms with Crippen molar-refractivity contribution in [1.82, 2.24) is 14.8 Å². The number of aliphatic hydroxyl groups excluding tert-OH is 1. The Bertz CT molecular complexity index is 329. The van der Waals surface area contributed by atoms with E-state index in [1.165, 1.54) is 5.69 Å². The summed E-state index contributed by atoms with van der Waals surface area (Å²) in [5.41, 5.74) is 3.06. The zero-order valence-corrected chi connectivity index (χ0v) is 11.4. The van der Waals surface area contributed by atoms with Crippen molar-refractivity contribution in [3.63, 3.8) is 0 Å². The van der Waals surface area contributed by atoms with Crippen molar-refractivity contribution in [2.45, 2.75) is 32.5 Å². The Morgan fingerprint density at radius 2 is 2.41 bits per heavy atom. The van der Waals surface area contributed by atoms with Gasteiger partial charge in [-0.1, -0.05) is 0 Å². The predicted molar refractivity (Wildman–Crippen MR) is 70.1 cm³/mol. The minimum absolute atomic E-state index is 0.234. The number of β-amino-alcohol motifs (C(OH)–C–C–N with tert-alkyl or cyclic N) is 1. The molecule has 1 aromatic rings. The SMILES string of the molecule is C[C@H](O)CN1CCN(Cc2cscn2)C[C@@H]1C. The molecule has 1 saturated heterocycles. The standard InChI is InChI=1S/C12H21N3OS/c1-10-5-14(7-12-8-17-9-13-12)3-4-15(10)6-11(2)16/h8-11,16H,3-7H2,1-2H3/t10-,11-/m0/s1.